The Morgan fingerprint density at radius 2 is 1.69 bits per heavy atom. The lowest BCUT2D eigenvalue weighted by Gasteiger charge is -2.31. The van der Waals surface area contributed by atoms with Gasteiger partial charge in [0.05, 0.1) is 54.7 Å². The Kier molecular flexibility index (Phi) is 8.45. The van der Waals surface area contributed by atoms with Gasteiger partial charge in [-0.1, -0.05) is 0 Å². The Bertz CT molecular complexity index is 1480. The maximum Gasteiger partial charge on any atom is 0.229 e. The molecule has 1 aliphatic carbocycles. The Labute approximate surface area is 246 Å². The smallest absolute Gasteiger partial charge is 0.229 e. The van der Waals surface area contributed by atoms with Crippen LogP contribution in [-0.2, 0) is 14.8 Å². The second-order valence-corrected chi connectivity index (χ2v) is 13.1. The average molecular weight is 599 g/mol. The molecule has 5 heterocycles. The van der Waals surface area contributed by atoms with E-state index in [0.717, 1.165) is 70.4 Å². The maximum absolute atomic E-state index is 11.8. The summed E-state index contributed by atoms with van der Waals surface area (Å²) in [5, 5.41) is 4.12. The van der Waals surface area contributed by atoms with Gasteiger partial charge in [0, 0.05) is 38.3 Å². The molecule has 0 aromatic carbocycles. The lowest BCUT2D eigenvalue weighted by atomic mass is 9.93. The van der Waals surface area contributed by atoms with E-state index in [-0.39, 0.29) is 18.2 Å². The van der Waals surface area contributed by atoms with E-state index in [1.165, 1.54) is 6.20 Å². The number of morpholine rings is 1. The van der Waals surface area contributed by atoms with E-state index in [4.69, 9.17) is 19.2 Å². The number of likely N-dealkylation sites (tertiary alicyclic amines) is 1. The number of sulfonamides is 1. The lowest BCUT2D eigenvalue weighted by molar-refractivity contribution is 0.122. The molecule has 6 rings (SSSR count). The van der Waals surface area contributed by atoms with Crippen molar-refractivity contribution in [1.82, 2.24) is 24.8 Å². The van der Waals surface area contributed by atoms with Crippen molar-refractivity contribution in [3.8, 4) is 11.6 Å². The summed E-state index contributed by atoms with van der Waals surface area (Å²) in [6.45, 7) is 4.69. The van der Waals surface area contributed by atoms with Gasteiger partial charge in [-0.3, -0.25) is 9.71 Å². The highest BCUT2D eigenvalue weighted by Gasteiger charge is 2.26. The minimum Gasteiger partial charge on any atom is -0.486 e. The van der Waals surface area contributed by atoms with Gasteiger partial charge in [0.2, 0.25) is 21.9 Å². The zero-order valence-corrected chi connectivity index (χ0v) is 24.8. The lowest BCUT2D eigenvalue weighted by Crippen LogP contribution is -2.37. The van der Waals surface area contributed by atoms with Gasteiger partial charge in [-0.15, -0.1) is 0 Å². The van der Waals surface area contributed by atoms with E-state index >= 15 is 0 Å². The number of nitrogens with zero attached hydrogens (tertiary/aromatic N) is 6. The molecule has 3 aromatic rings. The van der Waals surface area contributed by atoms with Crippen LogP contribution in [0.3, 0.4) is 0 Å². The molecule has 2 N–H and O–H groups in total. The molecule has 42 heavy (non-hydrogen) atoms. The SMILES string of the molecule is CN1CC[C@@H](Oc2cnc(NC3CCC(Oc4nc(N5CCOCC5)cc5ncc(NS(C)(=O)=O)cc45)CC3)nc2)C1. The number of hydrogen-bond acceptors (Lipinski definition) is 12. The molecule has 2 saturated heterocycles. The van der Waals surface area contributed by atoms with Crippen LogP contribution in [0.5, 0.6) is 11.6 Å². The van der Waals surface area contributed by atoms with Crippen LogP contribution in [-0.4, -0.2) is 104 Å². The van der Waals surface area contributed by atoms with Crippen molar-refractivity contribution in [2.45, 2.75) is 50.4 Å². The zero-order valence-electron chi connectivity index (χ0n) is 24.0. The van der Waals surface area contributed by atoms with E-state index in [0.29, 0.717) is 47.4 Å². The molecule has 1 atom stereocenters. The Hall–Kier alpha value is -3.49. The van der Waals surface area contributed by atoms with E-state index in [9.17, 15) is 8.42 Å². The summed E-state index contributed by atoms with van der Waals surface area (Å²) in [6.07, 6.45) is 10.7. The van der Waals surface area contributed by atoms with Crippen LogP contribution < -0.4 is 24.4 Å². The molecular formula is C28H38N8O5S. The third-order valence-electron chi connectivity index (χ3n) is 7.83. The van der Waals surface area contributed by atoms with Crippen molar-refractivity contribution in [3.63, 3.8) is 0 Å². The van der Waals surface area contributed by atoms with Gasteiger partial charge in [0.1, 0.15) is 18.0 Å². The van der Waals surface area contributed by atoms with Crippen LogP contribution in [0, 0.1) is 0 Å². The number of pyridine rings is 2. The van der Waals surface area contributed by atoms with Crippen molar-refractivity contribution in [2.24, 2.45) is 0 Å². The van der Waals surface area contributed by atoms with Crippen molar-refractivity contribution < 1.29 is 22.6 Å². The third-order valence-corrected chi connectivity index (χ3v) is 8.44. The maximum atomic E-state index is 11.8. The normalized spacial score (nSPS) is 23.6. The molecule has 13 nitrogen and oxygen atoms in total. The summed E-state index contributed by atoms with van der Waals surface area (Å²) >= 11 is 0. The second kappa shape index (κ2) is 12.4. The summed E-state index contributed by atoms with van der Waals surface area (Å²) < 4.78 is 44.2. The standard InChI is InChI=1S/C28H38N8O5S/c1-35-8-7-22(18-35)40-23-16-30-28(31-17-23)32-19-3-5-21(6-4-19)41-27-24-13-20(34-42(2,37)38)15-29-25(24)14-26(33-27)36-9-11-39-12-10-36/h13-17,19,21-22,34H,3-12,18H2,1-2H3,(H,30,31,32)/t19?,21?,22-/m1/s1. The number of rotatable bonds is 9. The van der Waals surface area contributed by atoms with Gasteiger partial charge in [-0.25, -0.2) is 18.4 Å². The molecule has 3 fully saturated rings. The number of aromatic nitrogens is 4. The van der Waals surface area contributed by atoms with E-state index in [2.05, 4.69) is 41.8 Å². The number of ether oxygens (including phenoxy) is 3. The highest BCUT2D eigenvalue weighted by atomic mass is 32.2. The van der Waals surface area contributed by atoms with Gasteiger partial charge in [-0.2, -0.15) is 4.98 Å². The molecule has 0 amide bonds. The molecule has 1 saturated carbocycles. The van der Waals surface area contributed by atoms with Crippen LogP contribution in [0.1, 0.15) is 32.1 Å². The van der Waals surface area contributed by atoms with Gasteiger partial charge < -0.3 is 29.3 Å². The van der Waals surface area contributed by atoms with E-state index < -0.39 is 10.0 Å². The van der Waals surface area contributed by atoms with E-state index in [1.807, 2.05) is 6.07 Å². The van der Waals surface area contributed by atoms with E-state index in [1.54, 1.807) is 18.5 Å². The summed E-state index contributed by atoms with van der Waals surface area (Å²) in [5.41, 5.74) is 1.07. The van der Waals surface area contributed by atoms with Crippen molar-refractivity contribution in [1.29, 1.82) is 0 Å². The molecule has 0 unspecified atom stereocenters. The Morgan fingerprint density at radius 1 is 0.929 bits per heavy atom. The summed E-state index contributed by atoms with van der Waals surface area (Å²) in [4.78, 5) is 22.8. The highest BCUT2D eigenvalue weighted by molar-refractivity contribution is 7.92. The predicted molar refractivity (Wildman–Crippen MR) is 160 cm³/mol. The molecule has 0 bridgehead atoms. The van der Waals surface area contributed by atoms with Crippen molar-refractivity contribution in [3.05, 3.63) is 30.7 Å². The van der Waals surface area contributed by atoms with Gasteiger partial charge in [0.25, 0.3) is 0 Å². The first-order chi connectivity index (χ1) is 20.3. The third kappa shape index (κ3) is 7.28. The van der Waals surface area contributed by atoms with Crippen LogP contribution in [0.25, 0.3) is 10.9 Å². The highest BCUT2D eigenvalue weighted by Crippen LogP contribution is 2.33. The number of fused-ring (bicyclic) bond motifs is 1. The molecular weight excluding hydrogens is 560 g/mol. The monoisotopic (exact) mass is 598 g/mol. The first kappa shape index (κ1) is 28.6. The molecule has 2 aliphatic heterocycles. The summed E-state index contributed by atoms with van der Waals surface area (Å²) in [5.74, 6) is 2.53. The predicted octanol–water partition coefficient (Wildman–Crippen LogP) is 2.51. The molecule has 226 valence electrons. The molecule has 0 spiro atoms. The fourth-order valence-electron chi connectivity index (χ4n) is 5.69. The van der Waals surface area contributed by atoms with Crippen molar-refractivity contribution in [2.75, 3.05) is 67.6 Å². The Balaban J connectivity index is 1.11. The Morgan fingerprint density at radius 3 is 2.38 bits per heavy atom. The number of anilines is 3. The van der Waals surface area contributed by atoms with Gasteiger partial charge in [0.15, 0.2) is 5.75 Å². The minimum atomic E-state index is -3.45. The van der Waals surface area contributed by atoms with Crippen LogP contribution in [0.15, 0.2) is 30.7 Å². The van der Waals surface area contributed by atoms with Gasteiger partial charge in [-0.05, 0) is 45.2 Å². The molecule has 14 heteroatoms. The fourth-order valence-corrected chi connectivity index (χ4v) is 6.23. The van der Waals surface area contributed by atoms with Gasteiger partial charge >= 0.3 is 0 Å². The first-order valence-electron chi connectivity index (χ1n) is 14.5. The fraction of sp³-hybridized carbons (Fsp3) is 0.571. The summed E-state index contributed by atoms with van der Waals surface area (Å²) in [7, 11) is -1.35. The second-order valence-electron chi connectivity index (χ2n) is 11.3. The topological polar surface area (TPSA) is 144 Å². The summed E-state index contributed by atoms with van der Waals surface area (Å²) in [6, 6.07) is 3.88. The first-order valence-corrected chi connectivity index (χ1v) is 16.4. The number of hydrogen-bond donors (Lipinski definition) is 2. The average Bonchev–Trinajstić information content (AvgIpc) is 3.39. The van der Waals surface area contributed by atoms with Crippen LogP contribution >= 0.6 is 0 Å². The van der Waals surface area contributed by atoms with Crippen LogP contribution in [0.4, 0.5) is 17.5 Å². The minimum absolute atomic E-state index is 0.0357. The molecule has 3 aromatic heterocycles. The number of nitrogens with one attached hydrogen (secondary N) is 2. The molecule has 0 radical (unpaired) electrons. The number of likely N-dealkylation sites (N-methyl/N-ethyl adjacent to an activating group) is 1. The quantitative estimate of drug-likeness (QED) is 0.373. The van der Waals surface area contributed by atoms with Crippen LogP contribution in [0.2, 0.25) is 0 Å². The largest absolute Gasteiger partial charge is 0.486 e. The zero-order chi connectivity index (χ0) is 29.1. The van der Waals surface area contributed by atoms with Crippen molar-refractivity contribution >= 4 is 38.4 Å². The molecule has 3 aliphatic rings.